The number of aromatic amines is 1. The van der Waals surface area contributed by atoms with Crippen molar-refractivity contribution in [3.05, 3.63) is 81.9 Å². The smallest absolute Gasteiger partial charge is 0.327 e. The van der Waals surface area contributed by atoms with Crippen molar-refractivity contribution in [1.29, 1.82) is 0 Å². The van der Waals surface area contributed by atoms with E-state index in [2.05, 4.69) is 20.3 Å². The fourth-order valence-electron chi connectivity index (χ4n) is 6.43. The number of pyridine rings is 1. The van der Waals surface area contributed by atoms with Gasteiger partial charge in [0.15, 0.2) is 17.3 Å². The third-order valence-electron chi connectivity index (χ3n) is 8.51. The molecule has 1 fully saturated rings. The van der Waals surface area contributed by atoms with E-state index in [4.69, 9.17) is 4.74 Å². The van der Waals surface area contributed by atoms with Crippen molar-refractivity contribution in [2.75, 3.05) is 13.1 Å². The molecule has 0 aliphatic carbocycles. The fourth-order valence-corrected chi connectivity index (χ4v) is 6.43. The van der Waals surface area contributed by atoms with Gasteiger partial charge in [-0.25, -0.2) is 28.3 Å². The highest BCUT2D eigenvalue weighted by Crippen LogP contribution is 2.35. The van der Waals surface area contributed by atoms with Crippen LogP contribution in [0.5, 0.6) is 0 Å². The van der Waals surface area contributed by atoms with Gasteiger partial charge in [0.05, 0.1) is 24.1 Å². The number of rotatable bonds is 6. The molecule has 6 rings (SSSR count). The molecule has 2 aliphatic heterocycles. The number of fused-ring (bicyclic) bond motifs is 2. The van der Waals surface area contributed by atoms with E-state index < -0.39 is 29.6 Å². The molecule has 0 radical (unpaired) electrons. The molecule has 5 heterocycles. The van der Waals surface area contributed by atoms with E-state index >= 15 is 0 Å². The highest BCUT2D eigenvalue weighted by atomic mass is 19.2. The van der Waals surface area contributed by atoms with Crippen molar-refractivity contribution in [3.8, 4) is 0 Å². The molecule has 2 amide bonds. The van der Waals surface area contributed by atoms with Gasteiger partial charge in [0.2, 0.25) is 0 Å². The molecule has 0 spiro atoms. The number of likely N-dealkylation sites (tertiary alicyclic amines) is 1. The van der Waals surface area contributed by atoms with E-state index in [9.17, 15) is 23.2 Å². The normalized spacial score (nSPS) is 19.2. The van der Waals surface area contributed by atoms with E-state index in [0.29, 0.717) is 55.9 Å². The first-order valence-corrected chi connectivity index (χ1v) is 15.0. The van der Waals surface area contributed by atoms with E-state index in [1.54, 1.807) is 47.8 Å². The van der Waals surface area contributed by atoms with Crippen molar-refractivity contribution in [3.63, 3.8) is 0 Å². The molecule has 11 nitrogen and oxygen atoms in total. The van der Waals surface area contributed by atoms with Gasteiger partial charge in [0.25, 0.3) is 0 Å². The Bertz CT molecular complexity index is 1740. The number of carbonyl (C=O) groups is 2. The Morgan fingerprint density at radius 1 is 1.09 bits per heavy atom. The zero-order chi connectivity index (χ0) is 31.0. The molecule has 1 aromatic carbocycles. The monoisotopic (exact) mass is 607 g/mol. The molecule has 44 heavy (non-hydrogen) atoms. The molecule has 2 aliphatic rings. The van der Waals surface area contributed by atoms with Gasteiger partial charge in [0.1, 0.15) is 5.82 Å². The maximum atomic E-state index is 14.9. The highest BCUT2D eigenvalue weighted by Gasteiger charge is 2.33. The number of aromatic nitrogens is 5. The van der Waals surface area contributed by atoms with Crippen molar-refractivity contribution in [2.45, 2.75) is 76.6 Å². The zero-order valence-electron chi connectivity index (χ0n) is 24.6. The van der Waals surface area contributed by atoms with Gasteiger partial charge in [-0.3, -0.25) is 14.3 Å². The first kappa shape index (κ1) is 29.5. The Morgan fingerprint density at radius 2 is 1.89 bits per heavy atom. The van der Waals surface area contributed by atoms with Crippen LogP contribution in [0.15, 0.2) is 47.5 Å². The van der Waals surface area contributed by atoms with Crippen LogP contribution >= 0.6 is 0 Å². The van der Waals surface area contributed by atoms with Gasteiger partial charge in [-0.05, 0) is 63.3 Å². The van der Waals surface area contributed by atoms with Crippen molar-refractivity contribution >= 4 is 23.2 Å². The maximum Gasteiger partial charge on any atom is 0.327 e. The number of hydrogen-bond donors (Lipinski definition) is 2. The van der Waals surface area contributed by atoms with Crippen LogP contribution in [0.4, 0.5) is 13.6 Å². The number of amides is 2. The lowest BCUT2D eigenvalue weighted by Crippen LogP contribution is -2.46. The average molecular weight is 608 g/mol. The van der Waals surface area contributed by atoms with Crippen LogP contribution in [0.3, 0.4) is 0 Å². The van der Waals surface area contributed by atoms with Crippen LogP contribution < -0.4 is 11.0 Å². The Hall–Kier alpha value is -4.55. The lowest BCUT2D eigenvalue weighted by atomic mass is 9.92. The molecule has 0 saturated carbocycles. The van der Waals surface area contributed by atoms with Crippen LogP contribution in [-0.4, -0.2) is 60.2 Å². The van der Waals surface area contributed by atoms with Crippen molar-refractivity contribution in [1.82, 2.24) is 34.3 Å². The molecule has 0 unspecified atom stereocenters. The number of hydrogen-bond acceptors (Lipinski definition) is 6. The number of esters is 1. The van der Waals surface area contributed by atoms with Crippen LogP contribution in [0.25, 0.3) is 11.2 Å². The quantitative estimate of drug-likeness (QED) is 0.314. The molecule has 3 aromatic heterocycles. The van der Waals surface area contributed by atoms with Crippen LogP contribution in [0.1, 0.15) is 74.6 Å². The summed E-state index contributed by atoms with van der Waals surface area (Å²) in [5, 5.41) is 3.11. The number of H-pyrrole nitrogens is 1. The van der Waals surface area contributed by atoms with Gasteiger partial charge in [0, 0.05) is 49.7 Å². The minimum absolute atomic E-state index is 0.0412. The summed E-state index contributed by atoms with van der Waals surface area (Å²) in [6.07, 6.45) is 4.98. The Labute approximate surface area is 252 Å². The number of carbonyl (C=O) groups excluding carboxylic acids is 2. The SMILES string of the molecule is CC(C)OC(=O)Cc1cnc2n1C[C@H](c1cccc(F)c1F)CC[C@H]2NC(=O)N1CCC(n2c(=O)[nH]c3ncccc32)CC1. The number of nitrogens with one attached hydrogen (secondary N) is 2. The first-order valence-electron chi connectivity index (χ1n) is 15.0. The summed E-state index contributed by atoms with van der Waals surface area (Å²) >= 11 is 0. The Balaban J connectivity index is 1.20. The number of halogens is 2. The second-order valence-corrected chi connectivity index (χ2v) is 11.7. The number of urea groups is 1. The largest absolute Gasteiger partial charge is 0.463 e. The van der Waals surface area contributed by atoms with Crippen molar-refractivity contribution < 1.29 is 23.1 Å². The number of ether oxygens (including phenoxy) is 1. The van der Waals surface area contributed by atoms with Gasteiger partial charge < -0.3 is 19.5 Å². The average Bonchev–Trinajstić information content (AvgIpc) is 3.48. The molecule has 0 bridgehead atoms. The maximum absolute atomic E-state index is 14.9. The number of benzene rings is 1. The predicted octanol–water partition coefficient (Wildman–Crippen LogP) is 4.36. The molecule has 4 aromatic rings. The molecular weight excluding hydrogens is 572 g/mol. The van der Waals surface area contributed by atoms with Gasteiger partial charge in [-0.2, -0.15) is 0 Å². The summed E-state index contributed by atoms with van der Waals surface area (Å²) in [5.41, 5.74) is 1.88. The van der Waals surface area contributed by atoms with Gasteiger partial charge >= 0.3 is 17.7 Å². The lowest BCUT2D eigenvalue weighted by molar-refractivity contribution is -0.146. The minimum Gasteiger partial charge on any atom is -0.463 e. The molecule has 2 N–H and O–H groups in total. The van der Waals surface area contributed by atoms with E-state index in [1.165, 1.54) is 6.07 Å². The summed E-state index contributed by atoms with van der Waals surface area (Å²) in [7, 11) is 0. The summed E-state index contributed by atoms with van der Waals surface area (Å²) in [4.78, 5) is 52.0. The van der Waals surface area contributed by atoms with Crippen LogP contribution in [-0.2, 0) is 22.5 Å². The van der Waals surface area contributed by atoms with Crippen molar-refractivity contribution in [2.24, 2.45) is 0 Å². The predicted molar refractivity (Wildman–Crippen MR) is 157 cm³/mol. The second-order valence-electron chi connectivity index (χ2n) is 11.7. The Morgan fingerprint density at radius 3 is 2.66 bits per heavy atom. The van der Waals surface area contributed by atoms with Gasteiger partial charge in [-0.15, -0.1) is 0 Å². The number of piperidine rings is 1. The fraction of sp³-hybridized carbons (Fsp3) is 0.452. The summed E-state index contributed by atoms with van der Waals surface area (Å²) in [6.45, 7) is 4.69. The molecule has 13 heteroatoms. The molecule has 2 atom stereocenters. The second kappa shape index (κ2) is 12.2. The Kier molecular flexibility index (Phi) is 8.19. The topological polar surface area (TPSA) is 127 Å². The third-order valence-corrected chi connectivity index (χ3v) is 8.51. The van der Waals surface area contributed by atoms with Crippen LogP contribution in [0.2, 0.25) is 0 Å². The van der Waals surface area contributed by atoms with E-state index in [-0.39, 0.29) is 42.4 Å². The number of imidazole rings is 2. The standard InChI is InChI=1S/C31H35F2N7O4/c1-18(2)44-26(41)15-21-16-35-29-24(9-8-19(17-39(21)29)22-5-3-6-23(32)27(22)33)36-30(42)38-13-10-20(11-14-38)40-25-7-4-12-34-28(25)37-31(40)43/h3-7,12,16,18-20,24H,8-11,13-15,17H2,1-2H3,(H,36,42)(H,34,37,43)/t19-,24-/m1/s1. The summed E-state index contributed by atoms with van der Waals surface area (Å²) in [5.74, 6) is -2.08. The molecular formula is C31H35F2N7O4. The summed E-state index contributed by atoms with van der Waals surface area (Å²) < 4.78 is 38.0. The van der Waals surface area contributed by atoms with Gasteiger partial charge in [-0.1, -0.05) is 12.1 Å². The summed E-state index contributed by atoms with van der Waals surface area (Å²) in [6, 6.07) is 6.93. The third kappa shape index (κ3) is 5.82. The van der Waals surface area contributed by atoms with E-state index in [0.717, 1.165) is 11.6 Å². The lowest BCUT2D eigenvalue weighted by Gasteiger charge is -2.33. The van der Waals surface area contributed by atoms with Crippen LogP contribution in [0, 0.1) is 11.6 Å². The highest BCUT2D eigenvalue weighted by molar-refractivity contribution is 5.75. The number of nitrogens with zero attached hydrogens (tertiary/aromatic N) is 5. The first-order chi connectivity index (χ1) is 21.2. The minimum atomic E-state index is -0.919. The molecule has 232 valence electrons. The van der Waals surface area contributed by atoms with E-state index in [1.807, 2.05) is 10.6 Å². The zero-order valence-corrected chi connectivity index (χ0v) is 24.6. The molecule has 1 saturated heterocycles.